The number of rotatable bonds is 9. The van der Waals surface area contributed by atoms with Crippen molar-refractivity contribution in [1.29, 1.82) is 0 Å². The van der Waals surface area contributed by atoms with E-state index in [0.29, 0.717) is 23.7 Å². The summed E-state index contributed by atoms with van der Waals surface area (Å²) in [6, 6.07) is 5.01. The van der Waals surface area contributed by atoms with Crippen LogP contribution in [0, 0.1) is 0 Å². The lowest BCUT2D eigenvalue weighted by atomic mass is 10.2. The Balaban J connectivity index is 2.65. The van der Waals surface area contributed by atoms with Gasteiger partial charge in [-0.05, 0) is 38.5 Å². The second-order valence-electron chi connectivity index (χ2n) is 5.47. The zero-order valence-electron chi connectivity index (χ0n) is 14.3. The Hall–Kier alpha value is -2.24. The van der Waals surface area contributed by atoms with Gasteiger partial charge in [0.1, 0.15) is 0 Å². The second kappa shape index (κ2) is 9.71. The Kier molecular flexibility index (Phi) is 7.94. The molecule has 0 aliphatic carbocycles. The predicted molar refractivity (Wildman–Crippen MR) is 89.0 cm³/mol. The van der Waals surface area contributed by atoms with Crippen molar-refractivity contribution in [2.45, 2.75) is 39.7 Å². The van der Waals surface area contributed by atoms with Crippen LogP contribution in [-0.4, -0.2) is 38.1 Å². The molecule has 1 rings (SSSR count). The van der Waals surface area contributed by atoms with Crippen LogP contribution in [0.1, 0.15) is 44.0 Å². The number of hydrogen-bond donors (Lipinski definition) is 2. The van der Waals surface area contributed by atoms with Gasteiger partial charge in [-0.2, -0.15) is 0 Å². The smallest absolute Gasteiger partial charge is 0.251 e. The van der Waals surface area contributed by atoms with Crippen LogP contribution >= 0.6 is 0 Å². The maximum atomic E-state index is 12.1. The number of hydrogen-bond acceptors (Lipinski definition) is 4. The Labute approximate surface area is 137 Å². The van der Waals surface area contributed by atoms with Crippen molar-refractivity contribution < 1.29 is 19.1 Å². The van der Waals surface area contributed by atoms with E-state index in [0.717, 1.165) is 12.8 Å². The molecule has 0 bridgehead atoms. The minimum atomic E-state index is -0.331. The molecule has 2 N–H and O–H groups in total. The summed E-state index contributed by atoms with van der Waals surface area (Å²) in [6.45, 7) is 6.36. The van der Waals surface area contributed by atoms with E-state index >= 15 is 0 Å². The normalized spacial score (nSPS) is 10.3. The fraction of sp³-hybridized carbons (Fsp3) is 0.529. The molecule has 1 aromatic rings. The average Bonchev–Trinajstić information content (AvgIpc) is 2.52. The minimum absolute atomic E-state index is 0.0408. The molecule has 0 radical (unpaired) electrons. The Bertz CT molecular complexity index is 529. The van der Waals surface area contributed by atoms with Crippen molar-refractivity contribution in [3.8, 4) is 11.5 Å². The summed E-state index contributed by atoms with van der Waals surface area (Å²) in [7, 11) is 1.53. The second-order valence-corrected chi connectivity index (χ2v) is 5.47. The number of amides is 2. The van der Waals surface area contributed by atoms with Crippen molar-refractivity contribution in [2.75, 3.05) is 20.3 Å². The van der Waals surface area contributed by atoms with Gasteiger partial charge < -0.3 is 20.1 Å². The first kappa shape index (κ1) is 18.8. The molecule has 0 aliphatic rings. The van der Waals surface area contributed by atoms with Crippen molar-refractivity contribution in [3.05, 3.63) is 23.8 Å². The standard InChI is InChI=1S/C17H26N2O4/c1-5-6-9-23-14-8-7-13(10-15(14)22-4)17(21)18-11-16(20)19-12(2)3/h7-8,10,12H,5-6,9,11H2,1-4H3,(H,18,21)(H,19,20). The molecule has 0 aliphatic heterocycles. The van der Waals surface area contributed by atoms with E-state index < -0.39 is 0 Å². The fourth-order valence-corrected chi connectivity index (χ4v) is 1.89. The lowest BCUT2D eigenvalue weighted by Crippen LogP contribution is -2.39. The van der Waals surface area contributed by atoms with Crippen LogP contribution in [0.25, 0.3) is 0 Å². The van der Waals surface area contributed by atoms with Gasteiger partial charge >= 0.3 is 0 Å². The summed E-state index contributed by atoms with van der Waals surface area (Å²) in [5, 5.41) is 5.29. The number of methoxy groups -OCH3 is 1. The van der Waals surface area contributed by atoms with Gasteiger partial charge in [0.05, 0.1) is 20.3 Å². The third kappa shape index (κ3) is 6.59. The van der Waals surface area contributed by atoms with Gasteiger partial charge in [0.2, 0.25) is 5.91 Å². The molecule has 2 amide bonds. The monoisotopic (exact) mass is 322 g/mol. The van der Waals surface area contributed by atoms with E-state index in [1.165, 1.54) is 7.11 Å². The molecule has 128 valence electrons. The maximum Gasteiger partial charge on any atom is 0.251 e. The molecule has 0 unspecified atom stereocenters. The molecular weight excluding hydrogens is 296 g/mol. The summed E-state index contributed by atoms with van der Waals surface area (Å²) >= 11 is 0. The van der Waals surface area contributed by atoms with Gasteiger partial charge in [-0.3, -0.25) is 9.59 Å². The average molecular weight is 322 g/mol. The zero-order chi connectivity index (χ0) is 17.2. The summed E-state index contributed by atoms with van der Waals surface area (Å²) in [4.78, 5) is 23.6. The molecule has 23 heavy (non-hydrogen) atoms. The third-order valence-corrected chi connectivity index (χ3v) is 3.04. The predicted octanol–water partition coefficient (Wildman–Crippen LogP) is 2.13. The molecule has 6 nitrogen and oxygen atoms in total. The van der Waals surface area contributed by atoms with Crippen molar-refractivity contribution in [1.82, 2.24) is 10.6 Å². The van der Waals surface area contributed by atoms with Gasteiger partial charge in [-0.1, -0.05) is 13.3 Å². The maximum absolute atomic E-state index is 12.1. The van der Waals surface area contributed by atoms with E-state index in [9.17, 15) is 9.59 Å². The first-order chi connectivity index (χ1) is 11.0. The van der Waals surface area contributed by atoms with E-state index in [4.69, 9.17) is 9.47 Å². The van der Waals surface area contributed by atoms with Crippen LogP contribution in [-0.2, 0) is 4.79 Å². The molecular formula is C17H26N2O4. The molecule has 0 saturated heterocycles. The molecule has 1 aromatic carbocycles. The van der Waals surface area contributed by atoms with Gasteiger partial charge in [0, 0.05) is 11.6 Å². The summed E-state index contributed by atoms with van der Waals surface area (Å²) in [5.74, 6) is 0.553. The zero-order valence-corrected chi connectivity index (χ0v) is 14.3. The van der Waals surface area contributed by atoms with E-state index in [1.807, 2.05) is 13.8 Å². The van der Waals surface area contributed by atoms with Crippen LogP contribution in [0.5, 0.6) is 11.5 Å². The van der Waals surface area contributed by atoms with E-state index in [2.05, 4.69) is 17.6 Å². The number of carbonyl (C=O) groups excluding carboxylic acids is 2. The highest BCUT2D eigenvalue weighted by atomic mass is 16.5. The first-order valence-corrected chi connectivity index (χ1v) is 7.86. The summed E-state index contributed by atoms with van der Waals surface area (Å²) in [5.41, 5.74) is 0.419. The lowest BCUT2D eigenvalue weighted by Gasteiger charge is -2.12. The van der Waals surface area contributed by atoms with Crippen LogP contribution in [0.15, 0.2) is 18.2 Å². The molecule has 6 heteroatoms. The highest BCUT2D eigenvalue weighted by Crippen LogP contribution is 2.28. The van der Waals surface area contributed by atoms with Crippen molar-refractivity contribution in [3.63, 3.8) is 0 Å². The van der Waals surface area contributed by atoms with Gasteiger partial charge in [0.25, 0.3) is 5.91 Å². The SMILES string of the molecule is CCCCOc1ccc(C(=O)NCC(=O)NC(C)C)cc1OC. The van der Waals surface area contributed by atoms with Crippen LogP contribution in [0.3, 0.4) is 0 Å². The van der Waals surface area contributed by atoms with Gasteiger partial charge in [-0.25, -0.2) is 0 Å². The first-order valence-electron chi connectivity index (χ1n) is 7.86. The summed E-state index contributed by atoms with van der Waals surface area (Å²) in [6.07, 6.45) is 2.00. The Morgan fingerprint density at radius 1 is 1.22 bits per heavy atom. The molecule has 0 aromatic heterocycles. The number of unbranched alkanes of at least 4 members (excludes halogenated alkanes) is 1. The lowest BCUT2D eigenvalue weighted by molar-refractivity contribution is -0.120. The topological polar surface area (TPSA) is 76.7 Å². The number of ether oxygens (including phenoxy) is 2. The molecule has 0 heterocycles. The molecule has 0 spiro atoms. The van der Waals surface area contributed by atoms with Gasteiger partial charge in [0.15, 0.2) is 11.5 Å². The number of benzene rings is 1. The van der Waals surface area contributed by atoms with Crippen molar-refractivity contribution >= 4 is 11.8 Å². The fourth-order valence-electron chi connectivity index (χ4n) is 1.89. The number of nitrogens with one attached hydrogen (secondary N) is 2. The molecule has 0 saturated carbocycles. The highest BCUT2D eigenvalue weighted by Gasteiger charge is 2.12. The molecule has 0 fully saturated rings. The third-order valence-electron chi connectivity index (χ3n) is 3.04. The van der Waals surface area contributed by atoms with Crippen LogP contribution in [0.2, 0.25) is 0 Å². The van der Waals surface area contributed by atoms with Crippen LogP contribution < -0.4 is 20.1 Å². The number of carbonyl (C=O) groups is 2. The highest BCUT2D eigenvalue weighted by molar-refractivity contribution is 5.97. The molecule has 0 atom stereocenters. The Morgan fingerprint density at radius 3 is 2.57 bits per heavy atom. The largest absolute Gasteiger partial charge is 0.493 e. The summed E-state index contributed by atoms with van der Waals surface area (Å²) < 4.78 is 10.9. The van der Waals surface area contributed by atoms with Crippen LogP contribution in [0.4, 0.5) is 0 Å². The van der Waals surface area contributed by atoms with E-state index in [-0.39, 0.29) is 24.4 Å². The minimum Gasteiger partial charge on any atom is -0.493 e. The Morgan fingerprint density at radius 2 is 1.96 bits per heavy atom. The van der Waals surface area contributed by atoms with E-state index in [1.54, 1.807) is 18.2 Å². The van der Waals surface area contributed by atoms with Gasteiger partial charge in [-0.15, -0.1) is 0 Å². The van der Waals surface area contributed by atoms with Crippen molar-refractivity contribution in [2.24, 2.45) is 0 Å². The quantitative estimate of drug-likeness (QED) is 0.683.